The minimum Gasteiger partial charge on any atom is -0.452 e. The summed E-state index contributed by atoms with van der Waals surface area (Å²) in [6.07, 6.45) is 1.69. The Morgan fingerprint density at radius 2 is 1.88 bits per heavy atom. The summed E-state index contributed by atoms with van der Waals surface area (Å²) in [7, 11) is 0. The van der Waals surface area contributed by atoms with E-state index in [1.807, 2.05) is 13.0 Å². The second-order valence-corrected chi connectivity index (χ2v) is 10.1. The van der Waals surface area contributed by atoms with Crippen molar-refractivity contribution in [2.24, 2.45) is 0 Å². The topological polar surface area (TPSA) is 101 Å². The molecular weight excluding hydrogens is 544 g/mol. The number of nitrogens with zero attached hydrogens (tertiary/aromatic N) is 3. The lowest BCUT2D eigenvalue weighted by Crippen LogP contribution is -2.41. The van der Waals surface area contributed by atoms with Gasteiger partial charge in [-0.3, -0.25) is 19.3 Å². The number of nitrogens with one attached hydrogen (secondary N) is 2. The smallest absolute Gasteiger partial charge is 0.268 e. The molecule has 0 bridgehead atoms. The van der Waals surface area contributed by atoms with Crippen LogP contribution in [0.15, 0.2) is 77.7 Å². The fourth-order valence-electron chi connectivity index (χ4n) is 5.02. The predicted octanol–water partition coefficient (Wildman–Crippen LogP) is 5.57. The van der Waals surface area contributed by atoms with E-state index in [1.54, 1.807) is 25.3 Å². The molecule has 1 saturated heterocycles. The number of aryl methyl sites for hydroxylation is 1. The molecule has 3 heterocycles. The van der Waals surface area contributed by atoms with Crippen LogP contribution in [0.4, 0.5) is 20.2 Å². The first-order valence-electron chi connectivity index (χ1n) is 13.4. The second kappa shape index (κ2) is 11.1. The third-order valence-corrected chi connectivity index (χ3v) is 7.12. The Hall–Kier alpha value is -5.03. The number of hydrogen-bond donors (Lipinski definition) is 2. The number of rotatable bonds is 6. The fourth-order valence-corrected chi connectivity index (χ4v) is 5.02. The van der Waals surface area contributed by atoms with E-state index in [9.17, 15) is 14.0 Å². The van der Waals surface area contributed by atoms with Crippen molar-refractivity contribution in [3.63, 3.8) is 0 Å². The summed E-state index contributed by atoms with van der Waals surface area (Å²) in [6, 6.07) is 16.2. The monoisotopic (exact) mass is 571 g/mol. The van der Waals surface area contributed by atoms with Crippen LogP contribution in [0.25, 0.3) is 16.6 Å². The highest BCUT2D eigenvalue weighted by Crippen LogP contribution is 2.38. The van der Waals surface area contributed by atoms with E-state index in [0.717, 1.165) is 22.7 Å². The number of carbonyl (C=O) groups is 1. The van der Waals surface area contributed by atoms with Crippen molar-refractivity contribution in [2.45, 2.75) is 20.0 Å². The van der Waals surface area contributed by atoms with E-state index in [1.165, 1.54) is 47.0 Å². The van der Waals surface area contributed by atoms with E-state index in [-0.39, 0.29) is 23.1 Å². The Balaban J connectivity index is 1.25. The lowest BCUT2D eigenvalue weighted by molar-refractivity contribution is 0.0531. The van der Waals surface area contributed by atoms with Gasteiger partial charge in [-0.2, -0.15) is 5.10 Å². The van der Waals surface area contributed by atoms with Crippen molar-refractivity contribution < 1.29 is 23.0 Å². The molecule has 0 unspecified atom stereocenters. The minimum atomic E-state index is -0.710. The predicted molar refractivity (Wildman–Crippen MR) is 155 cm³/mol. The lowest BCUT2D eigenvalue weighted by Gasteiger charge is -2.33. The van der Waals surface area contributed by atoms with Crippen LogP contribution < -0.4 is 20.5 Å². The van der Waals surface area contributed by atoms with Gasteiger partial charge in [-0.25, -0.2) is 8.78 Å². The van der Waals surface area contributed by atoms with Gasteiger partial charge in [-0.05, 0) is 74.5 Å². The van der Waals surface area contributed by atoms with Crippen molar-refractivity contribution in [3.8, 4) is 17.2 Å². The summed E-state index contributed by atoms with van der Waals surface area (Å²) in [5.41, 5.74) is 1.99. The van der Waals surface area contributed by atoms with E-state index < -0.39 is 23.1 Å². The number of pyridine rings is 1. The summed E-state index contributed by atoms with van der Waals surface area (Å²) in [6.45, 7) is 5.54. The van der Waals surface area contributed by atoms with E-state index in [2.05, 4.69) is 20.4 Å². The van der Waals surface area contributed by atoms with Gasteiger partial charge in [0.1, 0.15) is 11.4 Å². The van der Waals surface area contributed by atoms with Gasteiger partial charge in [0.25, 0.3) is 11.5 Å². The second-order valence-electron chi connectivity index (χ2n) is 10.1. The SMILES string of the molecule is Cc1ccc(C(=O)Nc2ccc(Oc3cc4cn[nH]c4cc3N3CCO[C@H](C)C3)c(F)c2)c(=O)n1-c1ccc(F)cc1. The quantitative estimate of drug-likeness (QED) is 0.276. The number of morpholine rings is 1. The molecule has 1 fully saturated rings. The van der Waals surface area contributed by atoms with Crippen LogP contribution in [-0.4, -0.2) is 46.5 Å². The number of hydrogen-bond acceptors (Lipinski definition) is 6. The average molecular weight is 572 g/mol. The molecule has 0 radical (unpaired) electrons. The van der Waals surface area contributed by atoms with Crippen molar-refractivity contribution in [2.75, 3.05) is 29.9 Å². The Morgan fingerprint density at radius 3 is 2.64 bits per heavy atom. The highest BCUT2D eigenvalue weighted by atomic mass is 19.1. The van der Waals surface area contributed by atoms with Gasteiger partial charge in [-0.15, -0.1) is 0 Å². The molecule has 0 spiro atoms. The van der Waals surface area contributed by atoms with Crippen LogP contribution in [0.2, 0.25) is 0 Å². The Labute approximate surface area is 239 Å². The third-order valence-electron chi connectivity index (χ3n) is 7.12. The van der Waals surface area contributed by atoms with Crippen molar-refractivity contribution >= 4 is 28.2 Å². The van der Waals surface area contributed by atoms with Crippen LogP contribution >= 0.6 is 0 Å². The first-order valence-corrected chi connectivity index (χ1v) is 13.4. The normalized spacial score (nSPS) is 15.1. The molecule has 0 saturated carbocycles. The maximum absolute atomic E-state index is 15.3. The number of anilines is 2. The minimum absolute atomic E-state index is 0.0250. The molecule has 1 atom stereocenters. The molecular formula is C31H27F2N5O4. The maximum atomic E-state index is 15.3. The van der Waals surface area contributed by atoms with Gasteiger partial charge in [0.15, 0.2) is 17.3 Å². The molecule has 2 N–H and O–H groups in total. The average Bonchev–Trinajstić information content (AvgIpc) is 3.42. The number of benzene rings is 3. The standard InChI is InChI=1S/C31H27F2N5O4/c1-18-3-9-24(31(40)38(18)23-7-4-21(32)5-8-23)30(39)35-22-6-10-28(25(33)14-22)42-29-13-20-16-34-36-26(20)15-27(29)37-11-12-41-19(2)17-37/h3-10,13-16,19H,11-12,17H2,1-2H3,(H,34,36)(H,35,39)/t19-/m1/s1. The molecule has 1 amide bonds. The molecule has 214 valence electrons. The van der Waals surface area contributed by atoms with Gasteiger partial charge in [0.05, 0.1) is 30.1 Å². The molecule has 3 aromatic carbocycles. The summed E-state index contributed by atoms with van der Waals surface area (Å²) in [5.74, 6) is -1.43. The number of carbonyl (C=O) groups excluding carboxylic acids is 1. The fraction of sp³-hybridized carbons (Fsp3) is 0.194. The Morgan fingerprint density at radius 1 is 1.07 bits per heavy atom. The van der Waals surface area contributed by atoms with Crippen molar-refractivity contribution in [1.29, 1.82) is 0 Å². The van der Waals surface area contributed by atoms with Gasteiger partial charge in [0, 0.05) is 41.6 Å². The highest BCUT2D eigenvalue weighted by molar-refractivity contribution is 6.04. The summed E-state index contributed by atoms with van der Waals surface area (Å²) in [4.78, 5) is 28.4. The third kappa shape index (κ3) is 5.34. The molecule has 0 aliphatic carbocycles. The summed E-state index contributed by atoms with van der Waals surface area (Å²) < 4.78 is 41.8. The number of ether oxygens (including phenoxy) is 2. The van der Waals surface area contributed by atoms with Gasteiger partial charge in [-0.1, -0.05) is 0 Å². The molecule has 2 aromatic heterocycles. The molecule has 9 nitrogen and oxygen atoms in total. The number of halogens is 2. The molecule has 5 aromatic rings. The van der Waals surface area contributed by atoms with Gasteiger partial charge in [0.2, 0.25) is 0 Å². The number of H-pyrrole nitrogens is 1. The summed E-state index contributed by atoms with van der Waals surface area (Å²) >= 11 is 0. The zero-order valence-electron chi connectivity index (χ0n) is 22.9. The number of aromatic nitrogens is 3. The molecule has 42 heavy (non-hydrogen) atoms. The van der Waals surface area contributed by atoms with E-state index in [4.69, 9.17) is 9.47 Å². The number of amides is 1. The first kappa shape index (κ1) is 27.2. The molecule has 6 rings (SSSR count). The van der Waals surface area contributed by atoms with Crippen molar-refractivity contribution in [1.82, 2.24) is 14.8 Å². The van der Waals surface area contributed by atoms with Crippen LogP contribution in [0.5, 0.6) is 11.5 Å². The van der Waals surface area contributed by atoms with Gasteiger partial charge < -0.3 is 19.7 Å². The summed E-state index contributed by atoms with van der Waals surface area (Å²) in [5, 5.41) is 10.4. The lowest BCUT2D eigenvalue weighted by atomic mass is 10.1. The first-order chi connectivity index (χ1) is 20.3. The van der Waals surface area contributed by atoms with Gasteiger partial charge >= 0.3 is 0 Å². The van der Waals surface area contributed by atoms with Crippen molar-refractivity contribution in [3.05, 3.63) is 106 Å². The maximum Gasteiger partial charge on any atom is 0.268 e. The Kier molecular flexibility index (Phi) is 7.17. The molecule has 1 aliphatic rings. The van der Waals surface area contributed by atoms with Crippen LogP contribution in [0.3, 0.4) is 0 Å². The highest BCUT2D eigenvalue weighted by Gasteiger charge is 2.22. The molecule has 1 aliphatic heterocycles. The zero-order chi connectivity index (χ0) is 29.4. The number of aromatic amines is 1. The van der Waals surface area contributed by atoms with Crippen LogP contribution in [0, 0.1) is 18.6 Å². The number of fused-ring (bicyclic) bond motifs is 1. The van der Waals surface area contributed by atoms with E-state index >= 15 is 4.39 Å². The Bertz CT molecular complexity index is 1850. The van der Waals surface area contributed by atoms with E-state index in [0.29, 0.717) is 36.8 Å². The van der Waals surface area contributed by atoms with Crippen LogP contribution in [0.1, 0.15) is 23.0 Å². The molecule has 11 heteroatoms. The largest absolute Gasteiger partial charge is 0.452 e. The van der Waals surface area contributed by atoms with Crippen LogP contribution in [-0.2, 0) is 4.74 Å². The zero-order valence-corrected chi connectivity index (χ0v) is 22.9.